The Bertz CT molecular complexity index is 510. The summed E-state index contributed by atoms with van der Waals surface area (Å²) in [6.07, 6.45) is -2.53. The lowest BCUT2D eigenvalue weighted by Crippen LogP contribution is -2.36. The lowest BCUT2D eigenvalue weighted by atomic mass is 10.1. The summed E-state index contributed by atoms with van der Waals surface area (Å²) < 4.78 is 17.7. The highest BCUT2D eigenvalue weighted by molar-refractivity contribution is 6.20. The molecular weight excluding hydrogens is 257 g/mol. The molecule has 1 unspecified atom stereocenters. The van der Waals surface area contributed by atoms with Crippen LogP contribution in [0.5, 0.6) is 0 Å². The van der Waals surface area contributed by atoms with Gasteiger partial charge < -0.3 is 4.74 Å². The predicted molar refractivity (Wildman–Crippen MR) is 59.6 cm³/mol. The molecule has 1 aromatic carbocycles. The number of carbonyl (C=O) groups is 3. The van der Waals surface area contributed by atoms with E-state index >= 15 is 0 Å². The van der Waals surface area contributed by atoms with Gasteiger partial charge in [0, 0.05) is 0 Å². The van der Waals surface area contributed by atoms with Crippen molar-refractivity contribution in [3.05, 3.63) is 35.4 Å². The number of ether oxygens (including phenoxy) is 1. The van der Waals surface area contributed by atoms with E-state index in [2.05, 4.69) is 9.57 Å². The summed E-state index contributed by atoms with van der Waals surface area (Å²) in [4.78, 5) is 39.0. The summed E-state index contributed by atoms with van der Waals surface area (Å²) in [6.45, 7) is 1.46. The van der Waals surface area contributed by atoms with Crippen LogP contribution < -0.4 is 0 Å². The van der Waals surface area contributed by atoms with Crippen molar-refractivity contribution in [1.29, 1.82) is 0 Å². The van der Waals surface area contributed by atoms with Gasteiger partial charge in [0.25, 0.3) is 11.8 Å². The molecule has 1 aromatic rings. The first-order chi connectivity index (χ1) is 9.06. The number of amides is 2. The van der Waals surface area contributed by atoms with E-state index in [1.807, 2.05) is 0 Å². The van der Waals surface area contributed by atoms with Crippen molar-refractivity contribution < 1.29 is 28.3 Å². The first-order valence-electron chi connectivity index (χ1n) is 5.51. The van der Waals surface area contributed by atoms with Crippen molar-refractivity contribution in [3.8, 4) is 0 Å². The quantitative estimate of drug-likeness (QED) is 0.602. The molecule has 1 aliphatic rings. The van der Waals surface area contributed by atoms with Crippen LogP contribution in [0.15, 0.2) is 24.3 Å². The Balaban J connectivity index is 2.14. The van der Waals surface area contributed by atoms with Gasteiger partial charge in [-0.1, -0.05) is 12.1 Å². The van der Waals surface area contributed by atoms with Gasteiger partial charge >= 0.3 is 12.3 Å². The molecule has 2 amide bonds. The number of imide groups is 1. The lowest BCUT2D eigenvalue weighted by molar-refractivity contribution is -0.205. The SMILES string of the molecule is CCOC(=O)C(F)ON1C(=O)c2ccccc2C1=O. The van der Waals surface area contributed by atoms with Gasteiger partial charge in [0.2, 0.25) is 0 Å². The number of hydroxylamine groups is 2. The van der Waals surface area contributed by atoms with Crippen LogP contribution in [0.25, 0.3) is 0 Å². The van der Waals surface area contributed by atoms with Gasteiger partial charge in [-0.2, -0.15) is 0 Å². The average Bonchev–Trinajstić information content (AvgIpc) is 2.65. The molecule has 2 rings (SSSR count). The van der Waals surface area contributed by atoms with Gasteiger partial charge in [0.05, 0.1) is 17.7 Å². The normalized spacial score (nSPS) is 15.4. The van der Waals surface area contributed by atoms with Crippen molar-refractivity contribution in [3.63, 3.8) is 0 Å². The number of halogens is 1. The van der Waals surface area contributed by atoms with E-state index < -0.39 is 24.1 Å². The Morgan fingerprint density at radius 3 is 2.26 bits per heavy atom. The number of hydrogen-bond donors (Lipinski definition) is 0. The molecule has 1 heterocycles. The van der Waals surface area contributed by atoms with Crippen molar-refractivity contribution in [2.45, 2.75) is 13.3 Å². The molecule has 0 N–H and O–H groups in total. The fraction of sp³-hybridized carbons (Fsp3) is 0.250. The van der Waals surface area contributed by atoms with Gasteiger partial charge in [-0.25, -0.2) is 14.0 Å². The third kappa shape index (κ3) is 2.32. The minimum atomic E-state index is -2.53. The third-order valence-electron chi connectivity index (χ3n) is 2.43. The molecular formula is C12H10FNO5. The smallest absolute Gasteiger partial charge is 0.371 e. The Morgan fingerprint density at radius 2 is 1.79 bits per heavy atom. The Morgan fingerprint density at radius 1 is 1.26 bits per heavy atom. The molecule has 0 radical (unpaired) electrons. The molecule has 0 fully saturated rings. The second-order valence-electron chi connectivity index (χ2n) is 3.62. The number of esters is 1. The van der Waals surface area contributed by atoms with E-state index in [-0.39, 0.29) is 22.8 Å². The molecule has 1 aliphatic heterocycles. The number of fused-ring (bicyclic) bond motifs is 1. The molecule has 100 valence electrons. The van der Waals surface area contributed by atoms with Crippen LogP contribution in [0, 0.1) is 0 Å². The maximum atomic E-state index is 13.4. The zero-order valence-corrected chi connectivity index (χ0v) is 9.96. The van der Waals surface area contributed by atoms with Crippen LogP contribution in [0.1, 0.15) is 27.6 Å². The van der Waals surface area contributed by atoms with Crippen LogP contribution in [-0.2, 0) is 14.4 Å². The van der Waals surface area contributed by atoms with Crippen LogP contribution in [-0.4, -0.2) is 35.8 Å². The Labute approximate surface area is 107 Å². The molecule has 7 heteroatoms. The maximum absolute atomic E-state index is 13.4. The zero-order valence-electron chi connectivity index (χ0n) is 9.96. The van der Waals surface area contributed by atoms with Crippen molar-refractivity contribution in [1.82, 2.24) is 5.06 Å². The molecule has 0 saturated heterocycles. The molecule has 1 atom stereocenters. The van der Waals surface area contributed by atoms with E-state index in [4.69, 9.17) is 0 Å². The average molecular weight is 267 g/mol. The van der Waals surface area contributed by atoms with Crippen molar-refractivity contribution in [2.75, 3.05) is 6.61 Å². The van der Waals surface area contributed by atoms with Crippen LogP contribution in [0.3, 0.4) is 0 Å². The number of hydrogen-bond acceptors (Lipinski definition) is 5. The first-order valence-corrected chi connectivity index (χ1v) is 5.51. The highest BCUT2D eigenvalue weighted by Crippen LogP contribution is 2.23. The largest absolute Gasteiger partial charge is 0.462 e. The molecule has 0 bridgehead atoms. The van der Waals surface area contributed by atoms with Gasteiger partial charge in [0.15, 0.2) is 0 Å². The maximum Gasteiger partial charge on any atom is 0.371 e. The van der Waals surface area contributed by atoms with E-state index in [0.717, 1.165) is 0 Å². The summed E-state index contributed by atoms with van der Waals surface area (Å²) in [5.74, 6) is -2.92. The minimum Gasteiger partial charge on any atom is -0.462 e. The molecule has 0 spiro atoms. The number of rotatable bonds is 4. The fourth-order valence-electron chi connectivity index (χ4n) is 1.61. The van der Waals surface area contributed by atoms with Gasteiger partial charge in [0.1, 0.15) is 0 Å². The Kier molecular flexibility index (Phi) is 3.57. The van der Waals surface area contributed by atoms with Crippen molar-refractivity contribution in [2.24, 2.45) is 0 Å². The number of alkyl halides is 1. The number of carbonyl (C=O) groups excluding carboxylic acids is 3. The monoisotopic (exact) mass is 267 g/mol. The van der Waals surface area contributed by atoms with Crippen LogP contribution in [0.2, 0.25) is 0 Å². The summed E-state index contributed by atoms with van der Waals surface area (Å²) in [5.41, 5.74) is 0.201. The van der Waals surface area contributed by atoms with Gasteiger partial charge in [-0.05, 0) is 19.1 Å². The second kappa shape index (κ2) is 5.15. The number of nitrogens with zero attached hydrogens (tertiary/aromatic N) is 1. The van der Waals surface area contributed by atoms with Gasteiger partial charge in [-0.3, -0.25) is 9.59 Å². The zero-order chi connectivity index (χ0) is 14.0. The topological polar surface area (TPSA) is 72.9 Å². The van der Waals surface area contributed by atoms with E-state index in [9.17, 15) is 18.8 Å². The van der Waals surface area contributed by atoms with E-state index in [0.29, 0.717) is 0 Å². The van der Waals surface area contributed by atoms with Crippen LogP contribution >= 0.6 is 0 Å². The molecule has 0 aliphatic carbocycles. The lowest BCUT2D eigenvalue weighted by Gasteiger charge is -2.15. The van der Waals surface area contributed by atoms with E-state index in [1.54, 1.807) is 12.1 Å². The standard InChI is InChI=1S/C12H10FNO5/c1-2-18-12(17)9(13)19-14-10(15)7-5-3-4-6-8(7)11(14)16/h3-6,9H,2H2,1H3. The van der Waals surface area contributed by atoms with Crippen LogP contribution in [0.4, 0.5) is 4.39 Å². The fourth-order valence-corrected chi connectivity index (χ4v) is 1.61. The minimum absolute atomic E-state index is 0.0370. The van der Waals surface area contributed by atoms with Crippen molar-refractivity contribution >= 4 is 17.8 Å². The third-order valence-corrected chi connectivity index (χ3v) is 2.43. The molecule has 6 nitrogen and oxygen atoms in total. The summed E-state index contributed by atoms with van der Waals surface area (Å²) in [5, 5.41) is 0.228. The molecule has 0 saturated carbocycles. The second-order valence-corrected chi connectivity index (χ2v) is 3.62. The summed E-state index contributed by atoms with van der Waals surface area (Å²) in [6, 6.07) is 5.95. The summed E-state index contributed by atoms with van der Waals surface area (Å²) in [7, 11) is 0. The molecule has 19 heavy (non-hydrogen) atoms. The van der Waals surface area contributed by atoms with Gasteiger partial charge in [-0.15, -0.1) is 5.06 Å². The first kappa shape index (κ1) is 13.2. The predicted octanol–water partition coefficient (Wildman–Crippen LogP) is 1.07. The highest BCUT2D eigenvalue weighted by Gasteiger charge is 2.39. The molecule has 0 aromatic heterocycles. The highest BCUT2D eigenvalue weighted by atomic mass is 19.1. The number of benzene rings is 1. The Hall–Kier alpha value is -2.28. The summed E-state index contributed by atoms with van der Waals surface area (Å²) >= 11 is 0. The van der Waals surface area contributed by atoms with E-state index in [1.165, 1.54) is 19.1 Å².